The summed E-state index contributed by atoms with van der Waals surface area (Å²) < 4.78 is 6.61. The summed E-state index contributed by atoms with van der Waals surface area (Å²) in [5, 5.41) is 3.39. The van der Waals surface area contributed by atoms with Crippen molar-refractivity contribution in [3.05, 3.63) is 53.6 Å². The molecule has 1 N–H and O–H groups in total. The number of benzene rings is 2. The maximum absolute atomic E-state index is 12.0. The summed E-state index contributed by atoms with van der Waals surface area (Å²) in [6.45, 7) is 4.10. The molecule has 0 aliphatic rings. The van der Waals surface area contributed by atoms with Gasteiger partial charge < -0.3 is 4.74 Å². The number of amides is 1. The van der Waals surface area contributed by atoms with Crippen LogP contribution in [0, 0.1) is 6.92 Å². The fourth-order valence-electron chi connectivity index (χ4n) is 2.24. The van der Waals surface area contributed by atoms with E-state index in [4.69, 9.17) is 4.74 Å². The van der Waals surface area contributed by atoms with Crippen molar-refractivity contribution in [3.63, 3.8) is 0 Å². The fraction of sp³-hybridized carbons (Fsp3) is 0.222. The summed E-state index contributed by atoms with van der Waals surface area (Å²) in [5.74, 6) is 0.502. The maximum Gasteiger partial charge on any atom is 0.264 e. The molecule has 0 radical (unpaired) electrons. The molecule has 0 aliphatic carbocycles. The molecule has 0 saturated carbocycles. The minimum atomic E-state index is -0.206. The lowest BCUT2D eigenvalue weighted by atomic mass is 10.2. The smallest absolute Gasteiger partial charge is 0.264 e. The number of nitrogens with one attached hydrogen (secondary N) is 1. The summed E-state index contributed by atoms with van der Waals surface area (Å²) in [6, 6.07) is 13.8. The van der Waals surface area contributed by atoms with E-state index in [9.17, 15) is 4.79 Å². The Labute approximate surface area is 139 Å². The summed E-state index contributed by atoms with van der Waals surface area (Å²) in [4.78, 5) is 16.4. The third kappa shape index (κ3) is 3.87. The minimum Gasteiger partial charge on any atom is -0.484 e. The monoisotopic (exact) mass is 326 g/mol. The van der Waals surface area contributed by atoms with Crippen LogP contribution in [0.5, 0.6) is 5.75 Å². The van der Waals surface area contributed by atoms with Crippen LogP contribution >= 0.6 is 11.3 Å². The number of anilines is 1. The second-order valence-corrected chi connectivity index (χ2v) is 6.36. The van der Waals surface area contributed by atoms with Crippen LogP contribution in [0.1, 0.15) is 18.1 Å². The van der Waals surface area contributed by atoms with Crippen LogP contribution in [0.4, 0.5) is 5.13 Å². The van der Waals surface area contributed by atoms with Crippen molar-refractivity contribution in [2.24, 2.45) is 0 Å². The van der Waals surface area contributed by atoms with Crippen molar-refractivity contribution in [1.82, 2.24) is 4.98 Å². The van der Waals surface area contributed by atoms with E-state index < -0.39 is 0 Å². The van der Waals surface area contributed by atoms with Gasteiger partial charge in [0.15, 0.2) is 11.7 Å². The van der Waals surface area contributed by atoms with Gasteiger partial charge in [-0.1, -0.05) is 36.5 Å². The van der Waals surface area contributed by atoms with E-state index in [1.807, 2.05) is 43.3 Å². The number of rotatable bonds is 5. The second kappa shape index (κ2) is 6.79. The maximum atomic E-state index is 12.0. The molecule has 118 valence electrons. The predicted octanol–water partition coefficient (Wildman–Crippen LogP) is 4.18. The largest absolute Gasteiger partial charge is 0.484 e. The van der Waals surface area contributed by atoms with E-state index in [-0.39, 0.29) is 12.5 Å². The van der Waals surface area contributed by atoms with Crippen molar-refractivity contribution in [3.8, 4) is 5.75 Å². The third-order valence-electron chi connectivity index (χ3n) is 3.47. The summed E-state index contributed by atoms with van der Waals surface area (Å²) >= 11 is 1.47. The Balaban J connectivity index is 1.61. The van der Waals surface area contributed by atoms with Crippen LogP contribution in [-0.2, 0) is 11.2 Å². The van der Waals surface area contributed by atoms with Gasteiger partial charge in [-0.05, 0) is 48.7 Å². The molecule has 0 spiro atoms. The van der Waals surface area contributed by atoms with Crippen LogP contribution in [0.15, 0.2) is 42.5 Å². The SMILES string of the molecule is CCc1cccc(OCC(=O)Nc2nc3ccc(C)cc3s2)c1. The molecular formula is C18H18N2O2S. The number of hydrogen-bond acceptors (Lipinski definition) is 4. The molecular weight excluding hydrogens is 308 g/mol. The topological polar surface area (TPSA) is 51.2 Å². The molecule has 2 aromatic carbocycles. The zero-order valence-corrected chi connectivity index (χ0v) is 13.9. The Kier molecular flexibility index (Phi) is 4.57. The van der Waals surface area contributed by atoms with Crippen molar-refractivity contribution < 1.29 is 9.53 Å². The molecule has 5 heteroatoms. The van der Waals surface area contributed by atoms with Crippen molar-refractivity contribution in [2.75, 3.05) is 11.9 Å². The van der Waals surface area contributed by atoms with E-state index in [1.54, 1.807) is 0 Å². The zero-order chi connectivity index (χ0) is 16.2. The van der Waals surface area contributed by atoms with Crippen LogP contribution in [0.25, 0.3) is 10.2 Å². The molecule has 1 heterocycles. The number of aryl methyl sites for hydroxylation is 2. The first-order valence-corrected chi connectivity index (χ1v) is 8.34. The lowest BCUT2D eigenvalue weighted by Crippen LogP contribution is -2.20. The molecule has 0 aliphatic heterocycles. The summed E-state index contributed by atoms with van der Waals surface area (Å²) in [5.41, 5.74) is 3.26. The predicted molar refractivity (Wildman–Crippen MR) is 94.3 cm³/mol. The Bertz CT molecular complexity index is 842. The highest BCUT2D eigenvalue weighted by Gasteiger charge is 2.09. The van der Waals surface area contributed by atoms with Crippen LogP contribution in [-0.4, -0.2) is 17.5 Å². The lowest BCUT2D eigenvalue weighted by Gasteiger charge is -2.06. The van der Waals surface area contributed by atoms with E-state index in [1.165, 1.54) is 22.5 Å². The average Bonchev–Trinajstić information content (AvgIpc) is 2.94. The molecule has 23 heavy (non-hydrogen) atoms. The average molecular weight is 326 g/mol. The van der Waals surface area contributed by atoms with Gasteiger partial charge in [-0.25, -0.2) is 4.98 Å². The Morgan fingerprint density at radius 2 is 2.13 bits per heavy atom. The molecule has 4 nitrogen and oxygen atoms in total. The normalized spacial score (nSPS) is 10.7. The molecule has 3 rings (SSSR count). The molecule has 1 aromatic heterocycles. The van der Waals surface area contributed by atoms with Crippen LogP contribution in [0.2, 0.25) is 0 Å². The van der Waals surface area contributed by atoms with Crippen molar-refractivity contribution in [2.45, 2.75) is 20.3 Å². The first kappa shape index (κ1) is 15.5. The van der Waals surface area contributed by atoms with Gasteiger partial charge in [0, 0.05) is 0 Å². The van der Waals surface area contributed by atoms with Gasteiger partial charge in [-0.2, -0.15) is 0 Å². The Hall–Kier alpha value is -2.40. The van der Waals surface area contributed by atoms with Crippen LogP contribution in [0.3, 0.4) is 0 Å². The third-order valence-corrected chi connectivity index (χ3v) is 4.40. The number of aromatic nitrogens is 1. The molecule has 0 fully saturated rings. The van der Waals surface area contributed by atoms with Gasteiger partial charge in [0.2, 0.25) is 0 Å². The van der Waals surface area contributed by atoms with Crippen LogP contribution < -0.4 is 10.1 Å². The van der Waals surface area contributed by atoms with E-state index >= 15 is 0 Å². The Morgan fingerprint density at radius 3 is 2.96 bits per heavy atom. The fourth-order valence-corrected chi connectivity index (χ4v) is 3.22. The quantitative estimate of drug-likeness (QED) is 0.765. The van der Waals surface area contributed by atoms with Crippen molar-refractivity contribution in [1.29, 1.82) is 0 Å². The lowest BCUT2D eigenvalue weighted by molar-refractivity contribution is -0.118. The zero-order valence-electron chi connectivity index (χ0n) is 13.1. The Morgan fingerprint density at radius 1 is 1.26 bits per heavy atom. The first-order valence-electron chi connectivity index (χ1n) is 7.53. The van der Waals surface area contributed by atoms with Gasteiger partial charge in [0.05, 0.1) is 10.2 Å². The number of carbonyl (C=O) groups is 1. The molecule has 0 unspecified atom stereocenters. The molecule has 0 atom stereocenters. The van der Waals surface area contributed by atoms with Gasteiger partial charge >= 0.3 is 0 Å². The molecule has 1 amide bonds. The number of thiazole rings is 1. The highest BCUT2D eigenvalue weighted by Crippen LogP contribution is 2.26. The second-order valence-electron chi connectivity index (χ2n) is 5.33. The van der Waals surface area contributed by atoms with Crippen molar-refractivity contribution >= 4 is 32.6 Å². The number of carbonyl (C=O) groups excluding carboxylic acids is 1. The summed E-state index contributed by atoms with van der Waals surface area (Å²) in [6.07, 6.45) is 0.939. The summed E-state index contributed by atoms with van der Waals surface area (Å²) in [7, 11) is 0. The first-order chi connectivity index (χ1) is 11.1. The minimum absolute atomic E-state index is 0.0257. The highest BCUT2D eigenvalue weighted by atomic mass is 32.1. The molecule has 0 saturated heterocycles. The number of hydrogen-bond donors (Lipinski definition) is 1. The van der Waals surface area contributed by atoms with E-state index in [0.717, 1.165) is 16.6 Å². The number of nitrogens with zero attached hydrogens (tertiary/aromatic N) is 1. The number of fused-ring (bicyclic) bond motifs is 1. The molecule has 0 bridgehead atoms. The standard InChI is InChI=1S/C18H18N2O2S/c1-3-13-5-4-6-14(10-13)22-11-17(21)20-18-19-15-8-7-12(2)9-16(15)23-18/h4-10H,3,11H2,1-2H3,(H,19,20,21). The van der Waals surface area contributed by atoms with Gasteiger partial charge in [-0.3, -0.25) is 10.1 Å². The van der Waals surface area contributed by atoms with Gasteiger partial charge in [0.25, 0.3) is 5.91 Å². The highest BCUT2D eigenvalue weighted by molar-refractivity contribution is 7.22. The van der Waals surface area contributed by atoms with E-state index in [2.05, 4.69) is 23.3 Å². The van der Waals surface area contributed by atoms with Gasteiger partial charge in [-0.15, -0.1) is 0 Å². The number of ether oxygens (including phenoxy) is 1. The van der Waals surface area contributed by atoms with Gasteiger partial charge in [0.1, 0.15) is 5.75 Å². The molecule has 3 aromatic rings. The van der Waals surface area contributed by atoms with E-state index in [0.29, 0.717) is 10.9 Å².